The first-order valence-corrected chi connectivity index (χ1v) is 38.3. The van der Waals surface area contributed by atoms with Crippen molar-refractivity contribution >= 4 is 22.7 Å². The Morgan fingerprint density at radius 2 is 0.741 bits per heavy atom. The number of pyridine rings is 3. The molecule has 0 aliphatic rings. The molecule has 0 aliphatic carbocycles. The number of hydrogen-bond donors (Lipinski definition) is 2. The quantitative estimate of drug-likeness (QED) is 0.133. The summed E-state index contributed by atoms with van der Waals surface area (Å²) in [6.07, 6.45) is 25.3. The number of aryl methyl sites for hydroxylation is 30. The number of nitrogens with zero attached hydrogens (tertiary/aromatic N) is 25. The molecule has 15 aromatic rings. The standard InChI is InChI=1S/C8H9F.C7H8FN.2C7H9N.5C6H8N2.C5H8N2.C5H7NS.3C4H7N3.C4H6N2S/c1-6-3-4-7(2)8(9)5-6;1-5-3-4-6(2)9-7(5)8;2*1-6-3-4-7(2)8-5-6;2*1-5-3-8-6(2)4-7-5;2*1-5-3-7-6(2)8-4-5;1-5-3-4-6(2)8-7-5;2*1-4-3-6-5(2)7-4;1-4-5-3-7(2)6-4;1-4-3-7(2)6-5-4;1-3-5-4(2)7-6-3;1-3-5-6-4(2)7-3/h3-5H,1-2H3;3-4H,1-2H3;2*3-5H,1-2H3;5*3-4H,1-2H3;3H,1-2H3,(H,6,7);3*3H,1-2H3;1-2H3,(H,5,6,7);1-2H3. The lowest BCUT2D eigenvalue weighted by Crippen LogP contribution is -1.88. The Kier molecular flexibility index (Phi) is 50.6. The number of benzene rings is 1. The summed E-state index contributed by atoms with van der Waals surface area (Å²) in [5.74, 6) is 4.66. The highest BCUT2D eigenvalue weighted by atomic mass is 32.1. The van der Waals surface area contributed by atoms with E-state index in [1.165, 1.54) is 22.1 Å². The Labute approximate surface area is 692 Å². The van der Waals surface area contributed by atoms with Gasteiger partial charge in [0, 0.05) is 128 Å². The van der Waals surface area contributed by atoms with E-state index in [0.717, 1.165) is 129 Å². The minimum atomic E-state index is -0.366. The molecule has 0 saturated carbocycles. The van der Waals surface area contributed by atoms with Crippen LogP contribution in [0.25, 0.3) is 0 Å². The maximum atomic E-state index is 12.6. The number of imidazole rings is 1. The number of hydrogen-bond acceptors (Lipinski definition) is 25. The van der Waals surface area contributed by atoms with Gasteiger partial charge in [0.25, 0.3) is 0 Å². The Morgan fingerprint density at radius 1 is 0.310 bits per heavy atom. The summed E-state index contributed by atoms with van der Waals surface area (Å²) >= 11 is 3.35. The van der Waals surface area contributed by atoms with E-state index in [-0.39, 0.29) is 11.8 Å². The number of nitrogens with one attached hydrogen (secondary N) is 2. The Hall–Kier alpha value is -12.3. The number of halogens is 2. The topological polar surface area (TPSA) is 338 Å². The van der Waals surface area contributed by atoms with Crippen LogP contribution in [0.5, 0.6) is 0 Å². The van der Waals surface area contributed by atoms with E-state index in [4.69, 9.17) is 0 Å². The van der Waals surface area contributed by atoms with Crippen LogP contribution in [0.15, 0.2) is 154 Å². The molecule has 0 radical (unpaired) electrons. The summed E-state index contributed by atoms with van der Waals surface area (Å²) < 4.78 is 28.4. The third-order valence-corrected chi connectivity index (χ3v) is 15.1. The number of aromatic nitrogens is 27. The van der Waals surface area contributed by atoms with E-state index in [1.54, 1.807) is 102 Å². The Morgan fingerprint density at radius 3 is 0.948 bits per heavy atom. The molecule has 0 spiro atoms. The number of aromatic amines is 2. The van der Waals surface area contributed by atoms with E-state index in [9.17, 15) is 8.78 Å². The third-order valence-electron chi connectivity index (χ3n) is 13.5. The molecule has 0 aliphatic heterocycles. The van der Waals surface area contributed by atoms with Gasteiger partial charge in [0.2, 0.25) is 5.95 Å². The largest absolute Gasteiger partial charge is 0.346 e. The summed E-state index contributed by atoms with van der Waals surface area (Å²) in [6.45, 7) is 53.8. The molecule has 0 bridgehead atoms. The van der Waals surface area contributed by atoms with Crippen molar-refractivity contribution in [1.82, 2.24) is 135 Å². The van der Waals surface area contributed by atoms with Gasteiger partial charge in [-0.25, -0.2) is 49.2 Å². The van der Waals surface area contributed by atoms with Crippen molar-refractivity contribution in [3.63, 3.8) is 0 Å². The molecular weight excluding hydrogens is 1500 g/mol. The highest BCUT2D eigenvalue weighted by Crippen LogP contribution is 2.09. The van der Waals surface area contributed by atoms with E-state index < -0.39 is 0 Å². The second-order valence-corrected chi connectivity index (χ2v) is 29.1. The summed E-state index contributed by atoms with van der Waals surface area (Å²) in [5.41, 5.74) is 17.7. The summed E-state index contributed by atoms with van der Waals surface area (Å²) in [5, 5.41) is 36.3. The van der Waals surface area contributed by atoms with Crippen LogP contribution in [0.3, 0.4) is 0 Å². The fraction of sp³-hybridized carbons (Fsp3) is 0.353. The second kappa shape index (κ2) is 57.7. The van der Waals surface area contributed by atoms with Gasteiger partial charge in [0.05, 0.1) is 44.9 Å². The molecular formula is C85H117F2N27S2. The summed E-state index contributed by atoms with van der Waals surface area (Å²) in [6, 6.07) is 20.8. The van der Waals surface area contributed by atoms with Crippen molar-refractivity contribution in [3.8, 4) is 0 Å². The molecule has 116 heavy (non-hydrogen) atoms. The minimum Gasteiger partial charge on any atom is -0.346 e. The lowest BCUT2D eigenvalue weighted by molar-refractivity contribution is 0.571. The lowest BCUT2D eigenvalue weighted by atomic mass is 10.2. The van der Waals surface area contributed by atoms with Gasteiger partial charge >= 0.3 is 0 Å². The summed E-state index contributed by atoms with van der Waals surface area (Å²) in [7, 11) is 3.69. The molecule has 2 N–H and O–H groups in total. The molecule has 27 nitrogen and oxygen atoms in total. The van der Waals surface area contributed by atoms with E-state index in [0.29, 0.717) is 11.1 Å². The molecule has 618 valence electrons. The zero-order valence-electron chi connectivity index (χ0n) is 73.2. The van der Waals surface area contributed by atoms with Crippen LogP contribution < -0.4 is 0 Å². The van der Waals surface area contributed by atoms with Crippen LogP contribution in [-0.2, 0) is 14.1 Å². The molecule has 0 amide bonds. The molecule has 15 rings (SSSR count). The molecule has 14 aromatic heterocycles. The third kappa shape index (κ3) is 54.4. The second-order valence-electron chi connectivity index (χ2n) is 26.2. The van der Waals surface area contributed by atoms with Gasteiger partial charge in [-0.3, -0.25) is 44.4 Å². The first-order chi connectivity index (χ1) is 54.6. The molecule has 0 unspecified atom stereocenters. The Balaban J connectivity index is 0.000000622. The predicted molar refractivity (Wildman–Crippen MR) is 461 cm³/mol. The SMILES string of the molecule is Cc1ccc(C)c(F)c1.Cc1ccc(C)c(F)n1.Cc1ccc(C)nc1.Cc1ccc(C)nc1.Cc1ccc(C)nn1.Cc1cn(C)nn1.Cc1cnc(C)[nH]1.Cc1cnc(C)cn1.Cc1cnc(C)cn1.Cc1cnc(C)nc1.Cc1cnc(C)nc1.Cc1cnc(C)s1.Cc1n[nH]c(C)n1.Cc1ncn(C)n1.Cc1nnc(C)s1. The average molecular weight is 1620 g/mol. The average Bonchev–Trinajstić information content (AvgIpc) is 1.21. The van der Waals surface area contributed by atoms with Crippen LogP contribution in [0.4, 0.5) is 8.78 Å². The first-order valence-electron chi connectivity index (χ1n) is 36.7. The molecule has 0 fully saturated rings. The fourth-order valence-electron chi connectivity index (χ4n) is 7.44. The minimum absolute atomic E-state index is 0.116. The van der Waals surface area contributed by atoms with Crippen LogP contribution in [0, 0.1) is 206 Å². The van der Waals surface area contributed by atoms with Gasteiger partial charge in [-0.15, -0.1) is 38.0 Å². The first kappa shape index (κ1) is 102. The zero-order valence-corrected chi connectivity index (χ0v) is 74.8. The van der Waals surface area contributed by atoms with Gasteiger partial charge in [0.15, 0.2) is 0 Å². The number of thiazole rings is 1. The normalized spacial score (nSPS) is 9.38. The molecule has 31 heteroatoms. The maximum absolute atomic E-state index is 12.6. The fourth-order valence-corrected chi connectivity index (χ4v) is 8.71. The highest BCUT2D eigenvalue weighted by Gasteiger charge is 1.97. The van der Waals surface area contributed by atoms with Gasteiger partial charge in [-0.1, -0.05) is 35.5 Å². The molecule has 1 aromatic carbocycles. The smallest absolute Gasteiger partial charge is 0.215 e. The van der Waals surface area contributed by atoms with Crippen molar-refractivity contribution in [3.05, 3.63) is 322 Å². The van der Waals surface area contributed by atoms with Crippen LogP contribution in [0.2, 0.25) is 0 Å². The molecule has 0 saturated heterocycles. The van der Waals surface area contributed by atoms with E-state index in [1.807, 2.05) is 266 Å². The highest BCUT2D eigenvalue weighted by molar-refractivity contribution is 7.11. The van der Waals surface area contributed by atoms with E-state index in [2.05, 4.69) is 145 Å². The van der Waals surface area contributed by atoms with Crippen LogP contribution in [-0.4, -0.2) is 135 Å². The van der Waals surface area contributed by atoms with Gasteiger partial charge in [0.1, 0.15) is 57.1 Å². The van der Waals surface area contributed by atoms with Crippen molar-refractivity contribution in [2.45, 2.75) is 194 Å². The number of rotatable bonds is 0. The van der Waals surface area contributed by atoms with Crippen LogP contribution in [0.1, 0.15) is 156 Å². The number of H-pyrrole nitrogens is 2. The monoisotopic (exact) mass is 1620 g/mol. The molecule has 14 heterocycles. The van der Waals surface area contributed by atoms with Crippen molar-refractivity contribution < 1.29 is 8.78 Å². The van der Waals surface area contributed by atoms with Crippen molar-refractivity contribution in [2.75, 3.05) is 0 Å². The lowest BCUT2D eigenvalue weighted by Gasteiger charge is -1.94. The molecule has 0 atom stereocenters. The van der Waals surface area contributed by atoms with Crippen LogP contribution >= 0.6 is 22.7 Å². The van der Waals surface area contributed by atoms with Gasteiger partial charge < -0.3 is 4.98 Å². The predicted octanol–water partition coefficient (Wildman–Crippen LogP) is 17.8. The Bertz CT molecular complexity index is 4000. The maximum Gasteiger partial charge on any atom is 0.215 e. The van der Waals surface area contributed by atoms with Gasteiger partial charge in [-0.05, 0) is 264 Å². The summed E-state index contributed by atoms with van der Waals surface area (Å²) in [4.78, 5) is 63.8. The van der Waals surface area contributed by atoms with Crippen molar-refractivity contribution in [2.24, 2.45) is 14.1 Å². The van der Waals surface area contributed by atoms with Crippen molar-refractivity contribution in [1.29, 1.82) is 0 Å². The van der Waals surface area contributed by atoms with Gasteiger partial charge in [-0.2, -0.15) is 24.8 Å². The zero-order chi connectivity index (χ0) is 87.2. The van der Waals surface area contributed by atoms with E-state index >= 15 is 0 Å².